The first kappa shape index (κ1) is 14.8. The van der Waals surface area contributed by atoms with E-state index in [-0.39, 0.29) is 5.82 Å². The monoisotopic (exact) mass is 372 g/mol. The van der Waals surface area contributed by atoms with Gasteiger partial charge in [-0.25, -0.2) is 9.18 Å². The molecule has 3 rings (SSSR count). The van der Waals surface area contributed by atoms with Gasteiger partial charge in [-0.05, 0) is 42.5 Å². The van der Waals surface area contributed by atoms with Crippen LogP contribution in [0.2, 0.25) is 0 Å². The minimum absolute atomic E-state index is 0.305. The highest BCUT2D eigenvalue weighted by atomic mass is 79.9. The molecule has 1 heterocycles. The predicted molar refractivity (Wildman–Crippen MR) is 84.2 cm³/mol. The molecule has 1 aliphatic carbocycles. The number of rotatable bonds is 1. The van der Waals surface area contributed by atoms with Gasteiger partial charge in [0.1, 0.15) is 5.82 Å². The molecule has 4 nitrogen and oxygen atoms in total. The van der Waals surface area contributed by atoms with Crippen molar-refractivity contribution < 1.29 is 14.3 Å². The predicted octanol–water partition coefficient (Wildman–Crippen LogP) is 3.95. The Labute approximate surface area is 134 Å². The molecule has 0 saturated heterocycles. The summed E-state index contributed by atoms with van der Waals surface area (Å²) in [5.41, 5.74) is 0.315. The first-order valence-corrected chi connectivity index (χ1v) is 8.47. The van der Waals surface area contributed by atoms with Gasteiger partial charge in [-0.3, -0.25) is 10.3 Å². The molecule has 0 bridgehead atoms. The van der Waals surface area contributed by atoms with Crippen molar-refractivity contribution >= 4 is 39.0 Å². The van der Waals surface area contributed by atoms with Gasteiger partial charge < -0.3 is 5.11 Å². The number of thioether (sulfide) groups is 1. The van der Waals surface area contributed by atoms with Crippen molar-refractivity contribution in [3.05, 3.63) is 34.1 Å². The standard InChI is InChI=1S/C14H14BrFN2O2S/c15-10-4-9(5-11(16)6-10)14-3-1-2-8(14)7-21-12(18-14)17-13(19)20/h4-6,8H,1-3,7H2,(H,17,18)(H,19,20). The van der Waals surface area contributed by atoms with Crippen LogP contribution in [0.3, 0.4) is 0 Å². The smallest absolute Gasteiger partial charge is 0.410 e. The van der Waals surface area contributed by atoms with Crippen LogP contribution in [-0.4, -0.2) is 22.1 Å². The number of aliphatic imine (C=N–C) groups is 1. The second-order valence-electron chi connectivity index (χ2n) is 5.33. The average molecular weight is 373 g/mol. The van der Waals surface area contributed by atoms with E-state index >= 15 is 0 Å². The average Bonchev–Trinajstić information content (AvgIpc) is 2.81. The van der Waals surface area contributed by atoms with E-state index in [1.165, 1.54) is 23.9 Å². The van der Waals surface area contributed by atoms with Gasteiger partial charge in [0.25, 0.3) is 0 Å². The number of nitrogens with zero attached hydrogens (tertiary/aromatic N) is 1. The Hall–Kier alpha value is -1.08. The molecule has 0 aromatic heterocycles. The van der Waals surface area contributed by atoms with Crippen LogP contribution in [-0.2, 0) is 5.54 Å². The topological polar surface area (TPSA) is 61.7 Å². The molecule has 1 aromatic carbocycles. The Morgan fingerprint density at radius 3 is 3.05 bits per heavy atom. The maximum atomic E-state index is 13.8. The minimum Gasteiger partial charge on any atom is -0.465 e. The van der Waals surface area contributed by atoms with E-state index in [1.807, 2.05) is 6.07 Å². The van der Waals surface area contributed by atoms with E-state index in [0.29, 0.717) is 15.6 Å². The van der Waals surface area contributed by atoms with Crippen LogP contribution in [0.5, 0.6) is 0 Å². The van der Waals surface area contributed by atoms with Crippen molar-refractivity contribution in [2.24, 2.45) is 10.9 Å². The Bertz CT molecular complexity index is 605. The number of carboxylic acid groups (broad SMARTS) is 1. The van der Waals surface area contributed by atoms with Gasteiger partial charge >= 0.3 is 6.09 Å². The summed E-state index contributed by atoms with van der Waals surface area (Å²) in [6, 6.07) is 4.82. The summed E-state index contributed by atoms with van der Waals surface area (Å²) in [6.45, 7) is 0. The molecule has 7 heteroatoms. The van der Waals surface area contributed by atoms with Crippen molar-refractivity contribution in [2.75, 3.05) is 5.75 Å². The van der Waals surface area contributed by atoms with Gasteiger partial charge in [0.2, 0.25) is 0 Å². The van der Waals surface area contributed by atoms with Crippen LogP contribution in [0.1, 0.15) is 24.8 Å². The number of hydrogen-bond acceptors (Lipinski definition) is 3. The highest BCUT2D eigenvalue weighted by Gasteiger charge is 2.47. The van der Waals surface area contributed by atoms with Crippen molar-refractivity contribution in [3.63, 3.8) is 0 Å². The van der Waals surface area contributed by atoms with Crippen LogP contribution in [0, 0.1) is 11.7 Å². The number of benzene rings is 1. The van der Waals surface area contributed by atoms with Crippen LogP contribution in [0.25, 0.3) is 0 Å². The molecule has 1 fully saturated rings. The van der Waals surface area contributed by atoms with E-state index in [0.717, 1.165) is 30.6 Å². The van der Waals surface area contributed by atoms with E-state index in [4.69, 9.17) is 5.11 Å². The Morgan fingerprint density at radius 1 is 1.52 bits per heavy atom. The second-order valence-corrected chi connectivity index (χ2v) is 7.25. The molecular weight excluding hydrogens is 359 g/mol. The fraction of sp³-hybridized carbons (Fsp3) is 0.429. The summed E-state index contributed by atoms with van der Waals surface area (Å²) >= 11 is 4.75. The Kier molecular flexibility index (Phi) is 3.96. The third-order valence-electron chi connectivity index (χ3n) is 4.08. The largest absolute Gasteiger partial charge is 0.465 e. The van der Waals surface area contributed by atoms with E-state index in [1.54, 1.807) is 0 Å². The molecule has 2 atom stereocenters. The Morgan fingerprint density at radius 2 is 2.33 bits per heavy atom. The molecule has 112 valence electrons. The molecule has 1 amide bonds. The number of carbonyl (C=O) groups is 1. The molecule has 2 unspecified atom stereocenters. The fourth-order valence-corrected chi connectivity index (χ4v) is 4.88. The summed E-state index contributed by atoms with van der Waals surface area (Å²) < 4.78 is 14.4. The molecule has 0 spiro atoms. The fourth-order valence-electron chi connectivity index (χ4n) is 3.23. The highest BCUT2D eigenvalue weighted by molar-refractivity contribution is 9.10. The molecule has 21 heavy (non-hydrogen) atoms. The first-order chi connectivity index (χ1) is 9.99. The minimum atomic E-state index is -1.12. The molecule has 1 aromatic rings. The number of fused-ring (bicyclic) bond motifs is 1. The molecule has 2 N–H and O–H groups in total. The van der Waals surface area contributed by atoms with Gasteiger partial charge in [-0.1, -0.05) is 34.1 Å². The normalized spacial score (nSPS) is 27.9. The number of nitrogens with one attached hydrogen (secondary N) is 1. The molecule has 1 aliphatic heterocycles. The van der Waals surface area contributed by atoms with E-state index < -0.39 is 11.6 Å². The second kappa shape index (κ2) is 5.61. The molecule has 0 radical (unpaired) electrons. The van der Waals surface area contributed by atoms with Crippen LogP contribution >= 0.6 is 27.7 Å². The first-order valence-electron chi connectivity index (χ1n) is 6.69. The molecule has 1 saturated carbocycles. The van der Waals surface area contributed by atoms with Crippen LogP contribution in [0.15, 0.2) is 27.7 Å². The SMILES string of the molecule is O=C(O)NC1=NC2(c3cc(F)cc(Br)c3)CCCC2CS1. The van der Waals surface area contributed by atoms with Crippen molar-refractivity contribution in [1.82, 2.24) is 5.32 Å². The maximum absolute atomic E-state index is 13.8. The third-order valence-corrected chi connectivity index (χ3v) is 5.58. The summed E-state index contributed by atoms with van der Waals surface area (Å²) in [4.78, 5) is 15.5. The number of amides is 1. The summed E-state index contributed by atoms with van der Waals surface area (Å²) in [7, 11) is 0. The van der Waals surface area contributed by atoms with Crippen molar-refractivity contribution in [2.45, 2.75) is 24.8 Å². The maximum Gasteiger partial charge on any atom is 0.410 e. The van der Waals surface area contributed by atoms with Crippen molar-refractivity contribution in [3.8, 4) is 0 Å². The number of hydrogen-bond donors (Lipinski definition) is 2. The van der Waals surface area contributed by atoms with E-state index in [2.05, 4.69) is 26.2 Å². The zero-order chi connectivity index (χ0) is 15.0. The van der Waals surface area contributed by atoms with Gasteiger partial charge in [-0.2, -0.15) is 0 Å². The van der Waals surface area contributed by atoms with Gasteiger partial charge in [-0.15, -0.1) is 0 Å². The Balaban J connectivity index is 2.07. The van der Waals surface area contributed by atoms with Crippen molar-refractivity contribution in [1.29, 1.82) is 0 Å². The zero-order valence-corrected chi connectivity index (χ0v) is 13.5. The van der Waals surface area contributed by atoms with Crippen LogP contribution in [0.4, 0.5) is 9.18 Å². The number of amidine groups is 1. The lowest BCUT2D eigenvalue weighted by Gasteiger charge is -2.36. The lowest BCUT2D eigenvalue weighted by Crippen LogP contribution is -2.39. The summed E-state index contributed by atoms with van der Waals surface area (Å²) in [5, 5.41) is 11.6. The summed E-state index contributed by atoms with van der Waals surface area (Å²) in [6.07, 6.45) is 1.75. The lowest BCUT2D eigenvalue weighted by atomic mass is 9.81. The lowest BCUT2D eigenvalue weighted by molar-refractivity contribution is 0.200. The third kappa shape index (κ3) is 2.81. The van der Waals surface area contributed by atoms with Gasteiger partial charge in [0, 0.05) is 10.2 Å². The van der Waals surface area contributed by atoms with Crippen LogP contribution < -0.4 is 5.32 Å². The molecule has 2 aliphatic rings. The zero-order valence-electron chi connectivity index (χ0n) is 11.1. The van der Waals surface area contributed by atoms with Gasteiger partial charge in [0.05, 0.1) is 5.54 Å². The highest BCUT2D eigenvalue weighted by Crippen LogP contribution is 2.51. The number of halogens is 2. The van der Waals surface area contributed by atoms with E-state index in [9.17, 15) is 9.18 Å². The summed E-state index contributed by atoms with van der Waals surface area (Å²) in [5.74, 6) is 0.809. The molecular formula is C14H14BrFN2O2S. The van der Waals surface area contributed by atoms with Gasteiger partial charge in [0.15, 0.2) is 5.17 Å². The quantitative estimate of drug-likeness (QED) is 0.784.